The average molecular weight is 434 g/mol. The van der Waals surface area contributed by atoms with Crippen LogP contribution in [0.5, 0.6) is 0 Å². The van der Waals surface area contributed by atoms with E-state index in [0.29, 0.717) is 13.0 Å². The summed E-state index contributed by atoms with van der Waals surface area (Å²) in [6.45, 7) is 1.03. The Labute approximate surface area is 194 Å². The van der Waals surface area contributed by atoms with E-state index in [1.807, 2.05) is 60.5 Å². The highest BCUT2D eigenvalue weighted by atomic mass is 16.2. The van der Waals surface area contributed by atoms with E-state index in [-0.39, 0.29) is 11.9 Å². The summed E-state index contributed by atoms with van der Waals surface area (Å²) in [6, 6.07) is 35.1. The average Bonchev–Trinajstić information content (AvgIpc) is 3.31. The van der Waals surface area contributed by atoms with Crippen LogP contribution in [0.25, 0.3) is 10.8 Å². The summed E-state index contributed by atoms with van der Waals surface area (Å²) < 4.78 is 0. The monoisotopic (exact) mass is 433 g/mol. The van der Waals surface area contributed by atoms with Crippen molar-refractivity contribution in [1.82, 2.24) is 9.91 Å². The minimum atomic E-state index is -0.0923. The van der Waals surface area contributed by atoms with Gasteiger partial charge in [-0.3, -0.25) is 9.69 Å². The van der Waals surface area contributed by atoms with Crippen molar-refractivity contribution in [3.05, 3.63) is 120 Å². The summed E-state index contributed by atoms with van der Waals surface area (Å²) in [7, 11) is 1.98. The van der Waals surface area contributed by atoms with Crippen LogP contribution in [0, 0.1) is 0 Å². The van der Waals surface area contributed by atoms with Crippen LogP contribution < -0.4 is 0 Å². The van der Waals surface area contributed by atoms with Crippen LogP contribution in [0.3, 0.4) is 0 Å². The number of hydrogen-bond acceptors (Lipinski definition) is 3. The van der Waals surface area contributed by atoms with E-state index in [1.165, 1.54) is 16.3 Å². The van der Waals surface area contributed by atoms with Crippen molar-refractivity contribution in [1.29, 1.82) is 0 Å². The molecule has 0 saturated carbocycles. The summed E-state index contributed by atoms with van der Waals surface area (Å²) in [5.41, 5.74) is 4.32. The minimum Gasteiger partial charge on any atom is -0.293 e. The molecule has 0 spiro atoms. The zero-order valence-corrected chi connectivity index (χ0v) is 18.8. The Kier molecular flexibility index (Phi) is 6.01. The molecule has 0 aliphatic carbocycles. The first-order valence-electron chi connectivity index (χ1n) is 11.3. The molecule has 1 heterocycles. The van der Waals surface area contributed by atoms with E-state index in [4.69, 9.17) is 5.10 Å². The van der Waals surface area contributed by atoms with E-state index in [1.54, 1.807) is 5.01 Å². The van der Waals surface area contributed by atoms with Gasteiger partial charge in [-0.25, -0.2) is 5.01 Å². The number of nitrogens with zero attached hydrogens (tertiary/aromatic N) is 3. The molecule has 1 atom stereocenters. The number of hydrogen-bond donors (Lipinski definition) is 0. The molecule has 4 aromatic rings. The molecule has 0 radical (unpaired) electrons. The Morgan fingerprint density at radius 1 is 0.879 bits per heavy atom. The highest BCUT2D eigenvalue weighted by Gasteiger charge is 2.33. The lowest BCUT2D eigenvalue weighted by atomic mass is 9.97. The molecule has 1 aliphatic heterocycles. The van der Waals surface area contributed by atoms with Crippen molar-refractivity contribution < 1.29 is 4.79 Å². The maximum Gasteiger partial charge on any atom is 0.257 e. The van der Waals surface area contributed by atoms with Crippen molar-refractivity contribution in [2.24, 2.45) is 5.10 Å². The SMILES string of the molecule is CN(CC(=O)N1N=C(c2ccc3ccccc3c2)C[C@@H]1c1ccccc1)Cc1ccccc1. The van der Waals surface area contributed by atoms with Gasteiger partial charge in [0.25, 0.3) is 5.91 Å². The van der Waals surface area contributed by atoms with Crippen LogP contribution in [-0.4, -0.2) is 35.1 Å². The fraction of sp³-hybridized carbons (Fsp3) is 0.172. The highest BCUT2D eigenvalue weighted by Crippen LogP contribution is 2.33. The Balaban J connectivity index is 1.41. The maximum atomic E-state index is 13.4. The van der Waals surface area contributed by atoms with Crippen molar-refractivity contribution in [2.45, 2.75) is 19.0 Å². The Hall–Kier alpha value is -3.76. The maximum absolute atomic E-state index is 13.4. The Morgan fingerprint density at radius 3 is 2.30 bits per heavy atom. The topological polar surface area (TPSA) is 35.9 Å². The van der Waals surface area contributed by atoms with Crippen LogP contribution in [-0.2, 0) is 11.3 Å². The number of fused-ring (bicyclic) bond motifs is 1. The predicted molar refractivity (Wildman–Crippen MR) is 134 cm³/mol. The van der Waals surface area contributed by atoms with Gasteiger partial charge in [0.05, 0.1) is 18.3 Å². The zero-order valence-electron chi connectivity index (χ0n) is 18.8. The molecule has 0 unspecified atom stereocenters. The number of likely N-dealkylation sites (N-methyl/N-ethyl adjacent to an activating group) is 1. The molecule has 164 valence electrons. The van der Waals surface area contributed by atoms with Gasteiger partial charge in [-0.15, -0.1) is 0 Å². The molecule has 0 saturated heterocycles. The van der Waals surface area contributed by atoms with Gasteiger partial charge in [0.1, 0.15) is 0 Å². The molecule has 0 fully saturated rings. The number of hydrazone groups is 1. The number of benzene rings is 4. The fourth-order valence-corrected chi connectivity index (χ4v) is 4.47. The molecule has 1 amide bonds. The zero-order chi connectivity index (χ0) is 22.6. The molecule has 1 aliphatic rings. The lowest BCUT2D eigenvalue weighted by molar-refractivity contribution is -0.134. The largest absolute Gasteiger partial charge is 0.293 e. The minimum absolute atomic E-state index is 0.0121. The van der Waals surface area contributed by atoms with Crippen molar-refractivity contribution in [2.75, 3.05) is 13.6 Å². The molecule has 4 nitrogen and oxygen atoms in total. The van der Waals surface area contributed by atoms with E-state index < -0.39 is 0 Å². The molecular weight excluding hydrogens is 406 g/mol. The summed E-state index contributed by atoms with van der Waals surface area (Å²) in [6.07, 6.45) is 0.705. The molecule has 4 aromatic carbocycles. The standard InChI is InChI=1S/C29H27N3O/c1-31(20-22-10-4-2-5-11-22)21-29(33)32-28(24-13-6-3-7-14-24)19-27(30-32)26-17-16-23-12-8-9-15-25(23)18-26/h2-18,28H,19-21H2,1H3/t28-/m1/s1. The van der Waals surface area contributed by atoms with Gasteiger partial charge in [-0.2, -0.15) is 5.10 Å². The van der Waals surface area contributed by atoms with Crippen LogP contribution >= 0.6 is 0 Å². The lowest BCUT2D eigenvalue weighted by Gasteiger charge is -2.24. The summed E-state index contributed by atoms with van der Waals surface area (Å²) in [4.78, 5) is 15.4. The van der Waals surface area contributed by atoms with Crippen LogP contribution in [0.15, 0.2) is 108 Å². The van der Waals surface area contributed by atoms with E-state index in [0.717, 1.165) is 23.4 Å². The first-order valence-corrected chi connectivity index (χ1v) is 11.3. The third-order valence-corrected chi connectivity index (χ3v) is 6.13. The lowest BCUT2D eigenvalue weighted by Crippen LogP contribution is -2.36. The number of carbonyl (C=O) groups excluding carboxylic acids is 1. The number of amides is 1. The molecular formula is C29H27N3O. The van der Waals surface area contributed by atoms with Crippen LogP contribution in [0.4, 0.5) is 0 Å². The van der Waals surface area contributed by atoms with Gasteiger partial charge >= 0.3 is 0 Å². The van der Waals surface area contributed by atoms with Gasteiger partial charge in [-0.1, -0.05) is 97.1 Å². The fourth-order valence-electron chi connectivity index (χ4n) is 4.47. The van der Waals surface area contributed by atoms with Crippen LogP contribution in [0.2, 0.25) is 0 Å². The molecule has 0 N–H and O–H groups in total. The van der Waals surface area contributed by atoms with Crippen LogP contribution in [0.1, 0.15) is 29.2 Å². The summed E-state index contributed by atoms with van der Waals surface area (Å²) in [5, 5.41) is 8.94. The molecule has 4 heteroatoms. The number of rotatable bonds is 6. The predicted octanol–water partition coefficient (Wildman–Crippen LogP) is 5.65. The van der Waals surface area contributed by atoms with E-state index >= 15 is 0 Å². The second-order valence-corrected chi connectivity index (χ2v) is 8.64. The summed E-state index contributed by atoms with van der Waals surface area (Å²) in [5.74, 6) is 0.0121. The van der Waals surface area contributed by atoms with Gasteiger partial charge in [0.15, 0.2) is 0 Å². The molecule has 0 aromatic heterocycles. The van der Waals surface area contributed by atoms with Gasteiger partial charge in [-0.05, 0) is 40.6 Å². The van der Waals surface area contributed by atoms with Crippen molar-refractivity contribution in [3.63, 3.8) is 0 Å². The first kappa shape index (κ1) is 21.1. The molecule has 0 bridgehead atoms. The highest BCUT2D eigenvalue weighted by molar-refractivity contribution is 6.05. The Morgan fingerprint density at radius 2 is 1.55 bits per heavy atom. The first-order chi connectivity index (χ1) is 16.2. The van der Waals surface area contributed by atoms with E-state index in [9.17, 15) is 4.79 Å². The van der Waals surface area contributed by atoms with Gasteiger partial charge in [0, 0.05) is 13.0 Å². The van der Waals surface area contributed by atoms with Crippen molar-refractivity contribution in [3.8, 4) is 0 Å². The summed E-state index contributed by atoms with van der Waals surface area (Å²) >= 11 is 0. The van der Waals surface area contributed by atoms with Gasteiger partial charge in [0.2, 0.25) is 0 Å². The molecule has 33 heavy (non-hydrogen) atoms. The van der Waals surface area contributed by atoms with Crippen molar-refractivity contribution >= 4 is 22.4 Å². The van der Waals surface area contributed by atoms with Gasteiger partial charge < -0.3 is 0 Å². The third-order valence-electron chi connectivity index (χ3n) is 6.13. The molecule has 5 rings (SSSR count). The Bertz CT molecular complexity index is 1280. The smallest absolute Gasteiger partial charge is 0.257 e. The quantitative estimate of drug-likeness (QED) is 0.394. The third kappa shape index (κ3) is 4.71. The number of carbonyl (C=O) groups is 1. The normalized spacial score (nSPS) is 15.8. The van der Waals surface area contributed by atoms with E-state index in [2.05, 4.69) is 54.6 Å². The second kappa shape index (κ2) is 9.39. The second-order valence-electron chi connectivity index (χ2n) is 8.64.